The van der Waals surface area contributed by atoms with Crippen molar-refractivity contribution in [2.24, 2.45) is 0 Å². The molecular weight excluding hydrogens is 226 g/mol. The van der Waals surface area contributed by atoms with E-state index >= 15 is 0 Å². The van der Waals surface area contributed by atoms with Crippen LogP contribution in [0.1, 0.15) is 5.56 Å². The molecule has 0 atom stereocenters. The molecule has 4 heteroatoms. The Morgan fingerprint density at radius 1 is 1.17 bits per heavy atom. The molecule has 1 aromatic carbocycles. The minimum Gasteiger partial charge on any atom is -0.304 e. The van der Waals surface area contributed by atoms with Crippen molar-refractivity contribution in [1.82, 2.24) is 14.5 Å². The molecule has 0 amide bonds. The van der Waals surface area contributed by atoms with Crippen LogP contribution in [0.5, 0.6) is 0 Å². The van der Waals surface area contributed by atoms with E-state index in [4.69, 9.17) is 0 Å². The maximum atomic E-state index is 11.8. The smallest absolute Gasteiger partial charge is 0.304 e. The van der Waals surface area contributed by atoms with Crippen LogP contribution in [0.3, 0.4) is 0 Å². The highest BCUT2D eigenvalue weighted by Gasteiger charge is 2.05. The molecule has 2 heterocycles. The Morgan fingerprint density at radius 2 is 2.00 bits per heavy atom. The molecule has 0 radical (unpaired) electrons. The van der Waals surface area contributed by atoms with Gasteiger partial charge in [-0.05, 0) is 18.1 Å². The number of pyridine rings is 1. The van der Waals surface area contributed by atoms with E-state index in [1.165, 1.54) is 5.56 Å². The Bertz CT molecular complexity index is 712. The number of aromatic amines is 1. The van der Waals surface area contributed by atoms with Crippen LogP contribution < -0.4 is 5.69 Å². The van der Waals surface area contributed by atoms with Crippen molar-refractivity contribution >= 4 is 11.0 Å². The molecule has 4 nitrogen and oxygen atoms in total. The Labute approximate surface area is 104 Å². The number of nitrogens with zero attached hydrogens (tertiary/aromatic N) is 2. The quantitative estimate of drug-likeness (QED) is 0.759. The van der Waals surface area contributed by atoms with Gasteiger partial charge in [0.1, 0.15) is 0 Å². The first kappa shape index (κ1) is 10.8. The highest BCUT2D eigenvalue weighted by atomic mass is 16.1. The lowest BCUT2D eigenvalue weighted by Crippen LogP contribution is -2.17. The fraction of sp³-hybridized carbons (Fsp3) is 0.143. The summed E-state index contributed by atoms with van der Waals surface area (Å²) in [5.41, 5.74) is 2.85. The molecule has 90 valence electrons. The molecule has 0 aliphatic rings. The lowest BCUT2D eigenvalue weighted by Gasteiger charge is -2.03. The zero-order valence-electron chi connectivity index (χ0n) is 9.84. The summed E-state index contributed by atoms with van der Waals surface area (Å²) in [6.45, 7) is 0.673. The zero-order chi connectivity index (χ0) is 12.4. The van der Waals surface area contributed by atoms with Crippen molar-refractivity contribution < 1.29 is 0 Å². The summed E-state index contributed by atoms with van der Waals surface area (Å²) < 4.78 is 1.75. The predicted octanol–water partition coefficient (Wildman–Crippen LogP) is 1.97. The largest absolute Gasteiger partial charge is 0.326 e. The number of rotatable bonds is 3. The minimum atomic E-state index is -0.0751. The molecule has 0 saturated heterocycles. The number of benzene rings is 1. The number of imidazole rings is 1. The van der Waals surface area contributed by atoms with Crippen molar-refractivity contribution in [2.75, 3.05) is 0 Å². The van der Waals surface area contributed by atoms with Gasteiger partial charge in [-0.1, -0.05) is 30.3 Å². The summed E-state index contributed by atoms with van der Waals surface area (Å²) in [6, 6.07) is 12.0. The summed E-state index contributed by atoms with van der Waals surface area (Å²) in [6.07, 6.45) is 4.22. The van der Waals surface area contributed by atoms with Gasteiger partial charge in [-0.3, -0.25) is 9.55 Å². The van der Waals surface area contributed by atoms with Gasteiger partial charge in [-0.15, -0.1) is 0 Å². The number of aryl methyl sites for hydroxylation is 2. The molecule has 18 heavy (non-hydrogen) atoms. The van der Waals surface area contributed by atoms with E-state index in [1.54, 1.807) is 17.0 Å². The molecular formula is C14H13N3O. The first-order valence-electron chi connectivity index (χ1n) is 5.91. The highest BCUT2D eigenvalue weighted by molar-refractivity contribution is 5.73. The van der Waals surface area contributed by atoms with Crippen molar-refractivity contribution in [3.63, 3.8) is 0 Å². The number of aromatic nitrogens is 3. The average Bonchev–Trinajstić information content (AvgIpc) is 2.73. The number of hydrogen-bond donors (Lipinski definition) is 1. The molecule has 2 aromatic heterocycles. The van der Waals surface area contributed by atoms with Gasteiger partial charge >= 0.3 is 5.69 Å². The Balaban J connectivity index is 1.91. The molecule has 3 rings (SSSR count). The molecule has 0 saturated carbocycles. The minimum absolute atomic E-state index is 0.0751. The SMILES string of the molecule is O=c1[nH]c2cnccc2n1CCc1ccccc1. The van der Waals surface area contributed by atoms with E-state index in [9.17, 15) is 4.79 Å². The number of nitrogens with one attached hydrogen (secondary N) is 1. The predicted molar refractivity (Wildman–Crippen MR) is 70.5 cm³/mol. The number of fused-ring (bicyclic) bond motifs is 1. The molecule has 3 aromatic rings. The number of hydrogen-bond acceptors (Lipinski definition) is 2. The second kappa shape index (κ2) is 4.49. The zero-order valence-corrected chi connectivity index (χ0v) is 9.84. The van der Waals surface area contributed by atoms with Crippen molar-refractivity contribution in [3.05, 3.63) is 64.8 Å². The van der Waals surface area contributed by atoms with Crippen LogP contribution in [0.2, 0.25) is 0 Å². The van der Waals surface area contributed by atoms with Crippen molar-refractivity contribution in [2.45, 2.75) is 13.0 Å². The Kier molecular flexibility index (Phi) is 2.68. The molecule has 0 aliphatic carbocycles. The molecule has 0 aliphatic heterocycles. The Hall–Kier alpha value is -2.36. The van der Waals surface area contributed by atoms with E-state index in [0.29, 0.717) is 6.54 Å². The summed E-state index contributed by atoms with van der Waals surface area (Å²) in [4.78, 5) is 18.6. The normalized spacial score (nSPS) is 10.9. The third kappa shape index (κ3) is 1.93. The maximum absolute atomic E-state index is 11.8. The molecule has 0 fully saturated rings. The van der Waals surface area contributed by atoms with Gasteiger partial charge in [-0.25, -0.2) is 4.79 Å². The van der Waals surface area contributed by atoms with Gasteiger partial charge in [0.2, 0.25) is 0 Å². The lowest BCUT2D eigenvalue weighted by molar-refractivity contribution is 0.691. The van der Waals surface area contributed by atoms with Gasteiger partial charge in [0.25, 0.3) is 0 Å². The van der Waals surface area contributed by atoms with Gasteiger partial charge in [0, 0.05) is 12.7 Å². The number of H-pyrrole nitrogens is 1. The van der Waals surface area contributed by atoms with Crippen molar-refractivity contribution in [1.29, 1.82) is 0 Å². The standard InChI is InChI=1S/C14H13N3O/c18-14-16-12-10-15-8-6-13(12)17(14)9-7-11-4-2-1-3-5-11/h1-6,8,10H,7,9H2,(H,16,18). The lowest BCUT2D eigenvalue weighted by atomic mass is 10.1. The van der Waals surface area contributed by atoms with Gasteiger partial charge in [-0.2, -0.15) is 0 Å². The van der Waals surface area contributed by atoms with Gasteiger partial charge in [0.05, 0.1) is 17.2 Å². The molecule has 0 spiro atoms. The van der Waals surface area contributed by atoms with E-state index < -0.39 is 0 Å². The van der Waals surface area contributed by atoms with E-state index in [2.05, 4.69) is 22.1 Å². The average molecular weight is 239 g/mol. The fourth-order valence-corrected chi connectivity index (χ4v) is 2.12. The van der Waals surface area contributed by atoms with Crippen LogP contribution in [0.15, 0.2) is 53.6 Å². The van der Waals surface area contributed by atoms with Crippen LogP contribution in [0.4, 0.5) is 0 Å². The van der Waals surface area contributed by atoms with E-state index in [1.807, 2.05) is 24.3 Å². The molecule has 0 unspecified atom stereocenters. The van der Waals surface area contributed by atoms with E-state index in [-0.39, 0.29) is 5.69 Å². The maximum Gasteiger partial charge on any atom is 0.326 e. The van der Waals surface area contributed by atoms with Gasteiger partial charge in [0.15, 0.2) is 0 Å². The summed E-state index contributed by atoms with van der Waals surface area (Å²) >= 11 is 0. The summed E-state index contributed by atoms with van der Waals surface area (Å²) in [5, 5.41) is 0. The topological polar surface area (TPSA) is 50.7 Å². The van der Waals surface area contributed by atoms with Crippen LogP contribution in [-0.2, 0) is 13.0 Å². The Morgan fingerprint density at radius 3 is 2.83 bits per heavy atom. The van der Waals surface area contributed by atoms with Crippen LogP contribution >= 0.6 is 0 Å². The summed E-state index contributed by atoms with van der Waals surface area (Å²) in [5.74, 6) is 0. The van der Waals surface area contributed by atoms with Crippen LogP contribution in [-0.4, -0.2) is 14.5 Å². The second-order valence-electron chi connectivity index (χ2n) is 4.21. The first-order valence-corrected chi connectivity index (χ1v) is 5.91. The fourth-order valence-electron chi connectivity index (χ4n) is 2.12. The van der Waals surface area contributed by atoms with Crippen LogP contribution in [0.25, 0.3) is 11.0 Å². The third-order valence-corrected chi connectivity index (χ3v) is 3.04. The third-order valence-electron chi connectivity index (χ3n) is 3.04. The molecule has 0 bridgehead atoms. The van der Waals surface area contributed by atoms with Gasteiger partial charge < -0.3 is 4.98 Å². The van der Waals surface area contributed by atoms with E-state index in [0.717, 1.165) is 17.5 Å². The van der Waals surface area contributed by atoms with Crippen molar-refractivity contribution in [3.8, 4) is 0 Å². The highest BCUT2D eigenvalue weighted by Crippen LogP contribution is 2.08. The first-order chi connectivity index (χ1) is 8.84. The second-order valence-corrected chi connectivity index (χ2v) is 4.21. The summed E-state index contributed by atoms with van der Waals surface area (Å²) in [7, 11) is 0. The van der Waals surface area contributed by atoms with Crippen LogP contribution in [0, 0.1) is 0 Å². The monoisotopic (exact) mass is 239 g/mol. The molecule has 1 N–H and O–H groups in total.